The van der Waals surface area contributed by atoms with Crippen LogP contribution >= 0.6 is 0 Å². The van der Waals surface area contributed by atoms with Crippen LogP contribution in [0.15, 0.2) is 30.9 Å². The lowest BCUT2D eigenvalue weighted by Crippen LogP contribution is -2.47. The van der Waals surface area contributed by atoms with Crippen LogP contribution in [0, 0.1) is 11.6 Å². The Morgan fingerprint density at radius 3 is 2.36 bits per heavy atom. The topological polar surface area (TPSA) is 105 Å². The number of aromatic nitrogens is 6. The minimum absolute atomic E-state index is 0.0388. The molecular formula is C27H25F5N8O2. The van der Waals surface area contributed by atoms with E-state index in [2.05, 4.69) is 19.9 Å². The van der Waals surface area contributed by atoms with E-state index in [0.29, 0.717) is 35.0 Å². The smallest absolute Gasteiger partial charge is 0.434 e. The number of β-amino-alcohol motifs (C(OH)–C–C–N with tert-alkyl or cyclic N) is 1. The molecule has 0 radical (unpaired) electrons. The zero-order valence-corrected chi connectivity index (χ0v) is 22.7. The van der Waals surface area contributed by atoms with Crippen molar-refractivity contribution in [1.29, 1.82) is 0 Å². The van der Waals surface area contributed by atoms with Gasteiger partial charge in [-0.2, -0.15) is 13.2 Å². The number of alkyl halides is 3. The van der Waals surface area contributed by atoms with E-state index >= 15 is 8.78 Å². The third-order valence-corrected chi connectivity index (χ3v) is 7.35. The van der Waals surface area contributed by atoms with Crippen LogP contribution in [0.1, 0.15) is 35.7 Å². The molecule has 1 fully saturated rings. The SMILES string of the molecule is COc1ncnc(C2CC2)c1-c1ncc2c(n1)N(Cc1cc(F)c(-c3nc(C(F)(F)F)cn3C)c(F)c1)CC(O)N2C. The van der Waals surface area contributed by atoms with Crippen molar-refractivity contribution in [3.8, 4) is 28.7 Å². The molecule has 10 nitrogen and oxygen atoms in total. The van der Waals surface area contributed by atoms with E-state index in [-0.39, 0.29) is 24.6 Å². The first kappa shape index (κ1) is 27.8. The fourth-order valence-electron chi connectivity index (χ4n) is 5.07. The van der Waals surface area contributed by atoms with Gasteiger partial charge in [0.1, 0.15) is 41.3 Å². The number of nitrogens with zero attached hydrogens (tertiary/aromatic N) is 8. The standard InChI is InChI=1S/C27H25F5N8O2/c1-38-10-18(27(30,31)32)36-25(38)20-15(28)6-13(7-16(20)29)9-40-11-19(41)39(2)17-8-33-23(37-24(17)40)21-22(14-4-5-14)34-12-35-26(21)42-3/h6-8,10,12,14,19,41H,4-5,9,11H2,1-3H3. The second-order valence-corrected chi connectivity index (χ2v) is 10.3. The molecule has 0 spiro atoms. The summed E-state index contributed by atoms with van der Waals surface area (Å²) in [6.45, 7) is -0.0358. The van der Waals surface area contributed by atoms with Gasteiger partial charge in [-0.25, -0.2) is 33.7 Å². The van der Waals surface area contributed by atoms with Gasteiger partial charge in [0.05, 0.1) is 31.1 Å². The van der Waals surface area contributed by atoms with Gasteiger partial charge in [0.2, 0.25) is 5.88 Å². The van der Waals surface area contributed by atoms with E-state index in [1.165, 1.54) is 20.5 Å². The number of rotatable bonds is 6. The number of imidazole rings is 1. The number of likely N-dealkylation sites (N-methyl/N-ethyl adjacent to an activating group) is 1. The molecule has 0 bridgehead atoms. The number of hydrogen-bond donors (Lipinski definition) is 1. The summed E-state index contributed by atoms with van der Waals surface area (Å²) < 4.78 is 76.3. The number of halogens is 5. The van der Waals surface area contributed by atoms with E-state index in [9.17, 15) is 18.3 Å². The van der Waals surface area contributed by atoms with Crippen LogP contribution in [0.4, 0.5) is 33.5 Å². The summed E-state index contributed by atoms with van der Waals surface area (Å²) in [5, 5.41) is 10.7. The van der Waals surface area contributed by atoms with Crippen LogP contribution in [-0.2, 0) is 19.8 Å². The van der Waals surface area contributed by atoms with E-state index in [4.69, 9.17) is 9.72 Å². The molecule has 0 saturated heterocycles. The van der Waals surface area contributed by atoms with Crippen molar-refractivity contribution in [2.24, 2.45) is 7.05 Å². The number of aliphatic hydroxyl groups is 1. The van der Waals surface area contributed by atoms with Crippen LogP contribution in [0.3, 0.4) is 0 Å². The average molecular weight is 589 g/mol. The summed E-state index contributed by atoms with van der Waals surface area (Å²) in [6.07, 6.45) is -0.195. The highest BCUT2D eigenvalue weighted by atomic mass is 19.4. The van der Waals surface area contributed by atoms with E-state index < -0.39 is 41.1 Å². The van der Waals surface area contributed by atoms with Crippen LogP contribution in [0.2, 0.25) is 0 Å². The van der Waals surface area contributed by atoms with Crippen molar-refractivity contribution < 1.29 is 31.8 Å². The van der Waals surface area contributed by atoms with Crippen LogP contribution in [0.5, 0.6) is 5.88 Å². The first-order valence-corrected chi connectivity index (χ1v) is 13.0. The van der Waals surface area contributed by atoms with Crippen molar-refractivity contribution in [3.05, 3.63) is 59.4 Å². The molecule has 4 aromatic rings. The molecule has 1 aliphatic carbocycles. The lowest BCUT2D eigenvalue weighted by molar-refractivity contribution is -0.140. The summed E-state index contributed by atoms with van der Waals surface area (Å²) in [7, 11) is 4.38. The van der Waals surface area contributed by atoms with Crippen LogP contribution in [0.25, 0.3) is 22.8 Å². The molecule has 2 aliphatic rings. The molecule has 42 heavy (non-hydrogen) atoms. The first-order valence-electron chi connectivity index (χ1n) is 13.0. The Kier molecular flexibility index (Phi) is 6.71. The molecule has 1 atom stereocenters. The minimum atomic E-state index is -4.77. The van der Waals surface area contributed by atoms with Crippen LogP contribution in [-0.4, -0.2) is 61.5 Å². The predicted octanol–water partition coefficient (Wildman–Crippen LogP) is 4.29. The number of aryl methyl sites for hydroxylation is 1. The van der Waals surface area contributed by atoms with Crippen molar-refractivity contribution in [2.45, 2.75) is 37.7 Å². The molecule has 4 heterocycles. The van der Waals surface area contributed by atoms with Crippen molar-refractivity contribution in [3.63, 3.8) is 0 Å². The van der Waals surface area contributed by atoms with E-state index in [1.54, 1.807) is 23.0 Å². The molecule has 1 aromatic carbocycles. The average Bonchev–Trinajstić information content (AvgIpc) is 3.72. The molecule has 220 valence electrons. The Morgan fingerprint density at radius 1 is 1.02 bits per heavy atom. The number of aliphatic hydroxyl groups excluding tert-OH is 1. The van der Waals surface area contributed by atoms with Crippen molar-refractivity contribution in [1.82, 2.24) is 29.5 Å². The maximum atomic E-state index is 15.3. The third-order valence-electron chi connectivity index (χ3n) is 7.35. The Balaban J connectivity index is 1.38. The summed E-state index contributed by atoms with van der Waals surface area (Å²) in [6, 6.07) is 2.07. The normalized spacial score (nSPS) is 17.0. The molecule has 1 aliphatic heterocycles. The second-order valence-electron chi connectivity index (χ2n) is 10.3. The monoisotopic (exact) mass is 588 g/mol. The fourth-order valence-corrected chi connectivity index (χ4v) is 5.07. The highest BCUT2D eigenvalue weighted by molar-refractivity contribution is 5.74. The highest BCUT2D eigenvalue weighted by Gasteiger charge is 2.36. The summed E-state index contributed by atoms with van der Waals surface area (Å²) in [5.74, 6) is -1.42. The fraction of sp³-hybridized carbons (Fsp3) is 0.370. The summed E-state index contributed by atoms with van der Waals surface area (Å²) >= 11 is 0. The Labute approximate surface area is 236 Å². The maximum Gasteiger partial charge on any atom is 0.434 e. The Hall–Kier alpha value is -4.40. The molecule has 3 aromatic heterocycles. The number of fused-ring (bicyclic) bond motifs is 1. The zero-order valence-electron chi connectivity index (χ0n) is 22.7. The number of methoxy groups -OCH3 is 1. The summed E-state index contributed by atoms with van der Waals surface area (Å²) in [4.78, 5) is 24.6. The number of benzene rings is 1. The largest absolute Gasteiger partial charge is 0.480 e. The van der Waals surface area contributed by atoms with Gasteiger partial charge < -0.3 is 24.2 Å². The molecule has 1 unspecified atom stereocenters. The predicted molar refractivity (Wildman–Crippen MR) is 141 cm³/mol. The molecule has 1 saturated carbocycles. The van der Waals surface area contributed by atoms with Gasteiger partial charge in [-0.05, 0) is 30.5 Å². The highest BCUT2D eigenvalue weighted by Crippen LogP contribution is 2.45. The van der Waals surface area contributed by atoms with E-state index in [1.807, 2.05) is 0 Å². The Morgan fingerprint density at radius 2 is 1.74 bits per heavy atom. The van der Waals surface area contributed by atoms with Gasteiger partial charge in [0.15, 0.2) is 17.3 Å². The lowest BCUT2D eigenvalue weighted by Gasteiger charge is -2.39. The lowest BCUT2D eigenvalue weighted by atomic mass is 10.1. The van der Waals surface area contributed by atoms with Crippen molar-refractivity contribution in [2.75, 3.05) is 30.5 Å². The van der Waals surface area contributed by atoms with Crippen molar-refractivity contribution >= 4 is 11.5 Å². The van der Waals surface area contributed by atoms with Gasteiger partial charge in [0, 0.05) is 32.8 Å². The number of ether oxygens (including phenoxy) is 1. The van der Waals surface area contributed by atoms with E-state index in [0.717, 1.165) is 35.2 Å². The van der Waals surface area contributed by atoms with Crippen LogP contribution < -0.4 is 14.5 Å². The van der Waals surface area contributed by atoms with Gasteiger partial charge in [-0.15, -0.1) is 0 Å². The number of hydrogen-bond acceptors (Lipinski definition) is 9. The van der Waals surface area contributed by atoms with Gasteiger partial charge in [-0.3, -0.25) is 0 Å². The number of anilines is 2. The summed E-state index contributed by atoms with van der Waals surface area (Å²) in [5.41, 5.74) is 0.0253. The van der Waals surface area contributed by atoms with Gasteiger partial charge in [-0.1, -0.05) is 0 Å². The molecule has 6 rings (SSSR count). The zero-order chi connectivity index (χ0) is 29.9. The molecule has 1 N–H and O–H groups in total. The minimum Gasteiger partial charge on any atom is -0.480 e. The molecule has 0 amide bonds. The third kappa shape index (κ3) is 4.86. The van der Waals surface area contributed by atoms with Gasteiger partial charge >= 0.3 is 6.18 Å². The first-order chi connectivity index (χ1) is 20.0. The molecular weight excluding hydrogens is 563 g/mol. The second kappa shape index (κ2) is 10.2. The maximum absolute atomic E-state index is 15.3. The molecule has 15 heteroatoms. The van der Waals surface area contributed by atoms with Gasteiger partial charge in [0.25, 0.3) is 0 Å². The Bertz CT molecular complexity index is 1650. The quantitative estimate of drug-likeness (QED) is 0.330.